The van der Waals surface area contributed by atoms with Crippen molar-refractivity contribution in [3.05, 3.63) is 59.5 Å². The van der Waals surface area contributed by atoms with Crippen LogP contribution >= 0.6 is 0 Å². The molecule has 0 radical (unpaired) electrons. The van der Waals surface area contributed by atoms with E-state index in [1.807, 2.05) is 44.3 Å². The fourth-order valence-corrected chi connectivity index (χ4v) is 2.99. The van der Waals surface area contributed by atoms with Crippen LogP contribution in [-0.4, -0.2) is 25.8 Å². The van der Waals surface area contributed by atoms with Crippen LogP contribution in [0.2, 0.25) is 0 Å². The summed E-state index contributed by atoms with van der Waals surface area (Å²) >= 11 is 0. The number of amides is 1. The van der Waals surface area contributed by atoms with Gasteiger partial charge in [0.1, 0.15) is 5.76 Å². The highest BCUT2D eigenvalue weighted by atomic mass is 16.5. The Bertz CT molecular complexity index is 1110. The number of fused-ring (bicyclic) bond motifs is 1. The third-order valence-corrected chi connectivity index (χ3v) is 4.15. The number of aryl methyl sites for hydroxylation is 3. The second-order valence-electron chi connectivity index (χ2n) is 6.11. The third kappa shape index (κ3) is 2.73. The summed E-state index contributed by atoms with van der Waals surface area (Å²) in [6, 6.07) is 13.2. The van der Waals surface area contributed by atoms with E-state index >= 15 is 0 Å². The van der Waals surface area contributed by atoms with Crippen molar-refractivity contribution in [1.82, 2.24) is 19.9 Å². The van der Waals surface area contributed by atoms with Gasteiger partial charge in [-0.3, -0.25) is 9.48 Å². The van der Waals surface area contributed by atoms with Gasteiger partial charge in [-0.2, -0.15) is 5.10 Å². The van der Waals surface area contributed by atoms with Crippen molar-refractivity contribution >= 4 is 22.8 Å². The minimum atomic E-state index is -0.279. The Morgan fingerprint density at radius 1 is 1.15 bits per heavy atom. The number of hydrogen-bond acceptors (Lipinski definition) is 5. The molecule has 0 fully saturated rings. The molecule has 4 aromatic rings. The van der Waals surface area contributed by atoms with Crippen molar-refractivity contribution in [3.63, 3.8) is 0 Å². The van der Waals surface area contributed by atoms with Gasteiger partial charge < -0.3 is 9.84 Å². The van der Waals surface area contributed by atoms with E-state index in [0.717, 1.165) is 16.6 Å². The van der Waals surface area contributed by atoms with Crippen LogP contribution in [0.4, 0.5) is 5.82 Å². The fourth-order valence-electron chi connectivity index (χ4n) is 2.99. The van der Waals surface area contributed by atoms with Crippen molar-refractivity contribution in [2.45, 2.75) is 13.8 Å². The molecule has 0 unspecified atom stereocenters. The first-order valence-electron chi connectivity index (χ1n) is 8.17. The van der Waals surface area contributed by atoms with Gasteiger partial charge in [0.05, 0.1) is 22.3 Å². The first-order valence-corrected chi connectivity index (χ1v) is 8.17. The van der Waals surface area contributed by atoms with E-state index in [4.69, 9.17) is 9.51 Å². The van der Waals surface area contributed by atoms with Gasteiger partial charge in [-0.25, -0.2) is 4.98 Å². The van der Waals surface area contributed by atoms with Crippen LogP contribution in [0.25, 0.3) is 22.3 Å². The Hall–Kier alpha value is -3.48. The van der Waals surface area contributed by atoms with Crippen molar-refractivity contribution in [2.75, 3.05) is 5.32 Å². The average Bonchev–Trinajstić information content (AvgIpc) is 3.18. The normalized spacial score (nSPS) is 11.0. The average molecular weight is 347 g/mol. The Balaban J connectivity index is 1.87. The standard InChI is InChI=1S/C19H17N5O2/c1-11-9-16(23-26-11)21-19(25)14-10-15(13-7-5-4-6-8-13)20-18-17(14)12(2)22-24(18)3/h4-10H,1-3H3,(H,21,23,25). The molecular weight excluding hydrogens is 330 g/mol. The summed E-state index contributed by atoms with van der Waals surface area (Å²) in [5.41, 5.74) is 3.55. The number of rotatable bonds is 3. The molecule has 26 heavy (non-hydrogen) atoms. The summed E-state index contributed by atoms with van der Waals surface area (Å²) in [5, 5.41) is 11.7. The smallest absolute Gasteiger partial charge is 0.257 e. The number of anilines is 1. The number of carbonyl (C=O) groups is 1. The molecule has 3 heterocycles. The molecule has 0 aliphatic heterocycles. The molecule has 3 aromatic heterocycles. The van der Waals surface area contributed by atoms with E-state index in [2.05, 4.69) is 15.6 Å². The Labute approximate surface area is 149 Å². The molecule has 0 aliphatic carbocycles. The first kappa shape index (κ1) is 16.0. The molecule has 1 amide bonds. The van der Waals surface area contributed by atoms with Gasteiger partial charge in [0.2, 0.25) is 0 Å². The molecule has 0 atom stereocenters. The second-order valence-corrected chi connectivity index (χ2v) is 6.11. The number of aromatic nitrogens is 4. The van der Waals surface area contributed by atoms with E-state index < -0.39 is 0 Å². The monoisotopic (exact) mass is 347 g/mol. The van der Waals surface area contributed by atoms with Crippen LogP contribution in [0.15, 0.2) is 47.0 Å². The number of hydrogen-bond donors (Lipinski definition) is 1. The molecule has 1 aromatic carbocycles. The molecule has 7 heteroatoms. The minimum absolute atomic E-state index is 0.279. The highest BCUT2D eigenvalue weighted by molar-refractivity contribution is 6.13. The third-order valence-electron chi connectivity index (χ3n) is 4.15. The van der Waals surface area contributed by atoms with Crippen LogP contribution in [0, 0.1) is 13.8 Å². The van der Waals surface area contributed by atoms with Crippen LogP contribution in [0.3, 0.4) is 0 Å². The van der Waals surface area contributed by atoms with Gasteiger partial charge in [-0.15, -0.1) is 0 Å². The van der Waals surface area contributed by atoms with Crippen molar-refractivity contribution < 1.29 is 9.32 Å². The van der Waals surface area contributed by atoms with E-state index in [1.54, 1.807) is 23.7 Å². The van der Waals surface area contributed by atoms with Crippen LogP contribution in [0.5, 0.6) is 0 Å². The van der Waals surface area contributed by atoms with Crippen LogP contribution < -0.4 is 5.32 Å². The van der Waals surface area contributed by atoms with E-state index in [0.29, 0.717) is 28.5 Å². The SMILES string of the molecule is Cc1cc(NC(=O)c2cc(-c3ccccc3)nc3c2c(C)nn3C)no1. The Morgan fingerprint density at radius 2 is 1.92 bits per heavy atom. The van der Waals surface area contributed by atoms with Crippen LogP contribution in [-0.2, 0) is 7.05 Å². The topological polar surface area (TPSA) is 85.8 Å². The lowest BCUT2D eigenvalue weighted by Crippen LogP contribution is -2.13. The largest absolute Gasteiger partial charge is 0.360 e. The van der Waals surface area contributed by atoms with Gasteiger partial charge in [0.15, 0.2) is 11.5 Å². The highest BCUT2D eigenvalue weighted by Gasteiger charge is 2.20. The van der Waals surface area contributed by atoms with E-state index in [9.17, 15) is 4.79 Å². The maximum Gasteiger partial charge on any atom is 0.257 e. The maximum absolute atomic E-state index is 12.9. The number of nitrogens with one attached hydrogen (secondary N) is 1. The zero-order valence-corrected chi connectivity index (χ0v) is 14.6. The highest BCUT2D eigenvalue weighted by Crippen LogP contribution is 2.27. The predicted molar refractivity (Wildman–Crippen MR) is 97.9 cm³/mol. The summed E-state index contributed by atoms with van der Waals surface area (Å²) < 4.78 is 6.70. The van der Waals surface area contributed by atoms with E-state index in [1.165, 1.54) is 0 Å². The first-order chi connectivity index (χ1) is 12.5. The summed E-state index contributed by atoms with van der Waals surface area (Å²) in [6.07, 6.45) is 0. The Morgan fingerprint density at radius 3 is 2.62 bits per heavy atom. The molecule has 0 aliphatic rings. The van der Waals surface area contributed by atoms with Gasteiger partial charge >= 0.3 is 0 Å². The second kappa shape index (κ2) is 6.11. The summed E-state index contributed by atoms with van der Waals surface area (Å²) in [6.45, 7) is 3.63. The molecule has 130 valence electrons. The number of carbonyl (C=O) groups excluding carboxylic acids is 1. The quantitative estimate of drug-likeness (QED) is 0.613. The lowest BCUT2D eigenvalue weighted by molar-refractivity contribution is 0.102. The van der Waals surface area contributed by atoms with Crippen molar-refractivity contribution in [2.24, 2.45) is 7.05 Å². The molecule has 0 bridgehead atoms. The van der Waals surface area contributed by atoms with Gasteiger partial charge in [-0.05, 0) is 19.9 Å². The Kier molecular flexibility index (Phi) is 3.76. The zero-order valence-electron chi connectivity index (χ0n) is 14.6. The van der Waals surface area contributed by atoms with Gasteiger partial charge in [-0.1, -0.05) is 35.5 Å². The predicted octanol–water partition coefficient (Wildman–Crippen LogP) is 3.49. The number of pyridine rings is 1. The van der Waals surface area contributed by atoms with Crippen molar-refractivity contribution in [1.29, 1.82) is 0 Å². The lowest BCUT2D eigenvalue weighted by Gasteiger charge is -2.08. The fraction of sp³-hybridized carbons (Fsp3) is 0.158. The molecular formula is C19H17N5O2. The molecule has 4 rings (SSSR count). The molecule has 7 nitrogen and oxygen atoms in total. The minimum Gasteiger partial charge on any atom is -0.360 e. The van der Waals surface area contributed by atoms with E-state index in [-0.39, 0.29) is 5.91 Å². The molecule has 0 saturated carbocycles. The van der Waals surface area contributed by atoms with Gasteiger partial charge in [0, 0.05) is 18.7 Å². The number of benzene rings is 1. The van der Waals surface area contributed by atoms with Gasteiger partial charge in [0.25, 0.3) is 5.91 Å². The molecule has 0 spiro atoms. The summed E-state index contributed by atoms with van der Waals surface area (Å²) in [7, 11) is 1.82. The van der Waals surface area contributed by atoms with Crippen molar-refractivity contribution in [3.8, 4) is 11.3 Å². The zero-order chi connectivity index (χ0) is 18.3. The molecule has 0 saturated heterocycles. The van der Waals surface area contributed by atoms with Crippen LogP contribution in [0.1, 0.15) is 21.8 Å². The molecule has 1 N–H and O–H groups in total. The summed E-state index contributed by atoms with van der Waals surface area (Å²) in [4.78, 5) is 17.6. The lowest BCUT2D eigenvalue weighted by atomic mass is 10.0. The maximum atomic E-state index is 12.9. The number of nitrogens with zero attached hydrogens (tertiary/aromatic N) is 4. The summed E-state index contributed by atoms with van der Waals surface area (Å²) in [5.74, 6) is 0.724.